The zero-order chi connectivity index (χ0) is 17.6. The van der Waals surface area contributed by atoms with Gasteiger partial charge in [-0.2, -0.15) is 0 Å². The van der Waals surface area contributed by atoms with Gasteiger partial charge >= 0.3 is 0 Å². The third-order valence-corrected chi connectivity index (χ3v) is 5.60. The zero-order valence-electron chi connectivity index (χ0n) is 15.1. The van der Waals surface area contributed by atoms with E-state index in [-0.39, 0.29) is 5.91 Å². The van der Waals surface area contributed by atoms with Gasteiger partial charge in [-0.05, 0) is 56.0 Å². The van der Waals surface area contributed by atoms with E-state index < -0.39 is 0 Å². The minimum Gasteiger partial charge on any atom is -0.298 e. The van der Waals surface area contributed by atoms with Gasteiger partial charge in [0.2, 0.25) is 0 Å². The van der Waals surface area contributed by atoms with Gasteiger partial charge in [-0.15, -0.1) is 11.3 Å². The van der Waals surface area contributed by atoms with E-state index in [1.807, 2.05) is 24.3 Å². The summed E-state index contributed by atoms with van der Waals surface area (Å²) in [5, 5.41) is 5.66. The van der Waals surface area contributed by atoms with E-state index in [0.717, 1.165) is 44.1 Å². The number of carbonyl (C=O) groups is 1. The fourth-order valence-electron chi connectivity index (χ4n) is 3.17. The normalized spacial score (nSPS) is 16.1. The monoisotopic (exact) mass is 357 g/mol. The molecule has 1 amide bonds. The van der Waals surface area contributed by atoms with Crippen molar-refractivity contribution in [2.75, 3.05) is 18.4 Å². The summed E-state index contributed by atoms with van der Waals surface area (Å²) in [4.78, 5) is 19.4. The average Bonchev–Trinajstić information content (AvgIpc) is 3.05. The largest absolute Gasteiger partial charge is 0.298 e. The summed E-state index contributed by atoms with van der Waals surface area (Å²) < 4.78 is 0. The Bertz CT molecular complexity index is 687. The Balaban J connectivity index is 1.54. The van der Waals surface area contributed by atoms with Gasteiger partial charge in [-0.3, -0.25) is 15.0 Å². The van der Waals surface area contributed by atoms with Crippen LogP contribution in [0.3, 0.4) is 0 Å². The van der Waals surface area contributed by atoms with E-state index in [1.54, 1.807) is 0 Å². The van der Waals surface area contributed by atoms with Crippen LogP contribution in [0.2, 0.25) is 0 Å². The summed E-state index contributed by atoms with van der Waals surface area (Å²) in [6, 6.07) is 7.85. The first kappa shape index (κ1) is 18.1. The van der Waals surface area contributed by atoms with Crippen LogP contribution in [-0.4, -0.2) is 28.9 Å². The predicted molar refractivity (Wildman–Crippen MR) is 104 cm³/mol. The number of hydrogen-bond acceptors (Lipinski definition) is 4. The second-order valence-electron chi connectivity index (χ2n) is 7.00. The summed E-state index contributed by atoms with van der Waals surface area (Å²) in [6.07, 6.45) is 4.69. The molecular formula is C20H27N3OS. The van der Waals surface area contributed by atoms with Crippen molar-refractivity contribution in [2.45, 2.75) is 46.1 Å². The van der Waals surface area contributed by atoms with Crippen LogP contribution >= 0.6 is 11.3 Å². The number of aromatic nitrogens is 1. The quantitative estimate of drug-likeness (QED) is 0.823. The number of rotatable bonds is 6. The molecule has 25 heavy (non-hydrogen) atoms. The second kappa shape index (κ2) is 8.59. The number of anilines is 1. The lowest BCUT2D eigenvalue weighted by molar-refractivity contribution is 0.102. The summed E-state index contributed by atoms with van der Waals surface area (Å²) in [5.74, 6) is 0.751. The summed E-state index contributed by atoms with van der Waals surface area (Å²) in [7, 11) is 0. The molecule has 0 radical (unpaired) electrons. The molecule has 1 saturated heterocycles. The fraction of sp³-hybridized carbons (Fsp3) is 0.500. The Labute approximate surface area is 154 Å². The Morgan fingerprint density at radius 2 is 2.00 bits per heavy atom. The van der Waals surface area contributed by atoms with Crippen molar-refractivity contribution in [3.05, 3.63) is 46.5 Å². The van der Waals surface area contributed by atoms with E-state index in [0.29, 0.717) is 10.7 Å². The highest BCUT2D eigenvalue weighted by Crippen LogP contribution is 2.21. The van der Waals surface area contributed by atoms with Gasteiger partial charge in [-0.25, -0.2) is 4.98 Å². The van der Waals surface area contributed by atoms with Gasteiger partial charge in [0, 0.05) is 17.5 Å². The first-order chi connectivity index (χ1) is 12.1. The molecule has 0 unspecified atom stereocenters. The molecule has 4 nitrogen and oxygen atoms in total. The number of hydrogen-bond donors (Lipinski definition) is 1. The first-order valence-electron chi connectivity index (χ1n) is 9.21. The van der Waals surface area contributed by atoms with Crippen molar-refractivity contribution in [3.63, 3.8) is 0 Å². The van der Waals surface area contributed by atoms with Crippen molar-refractivity contribution >= 4 is 22.4 Å². The van der Waals surface area contributed by atoms with Crippen LogP contribution in [0.1, 0.15) is 54.7 Å². The SMILES string of the molecule is CCCc1ccc(C(=O)Nc2nc(CN3CCC(C)CC3)cs2)cc1. The maximum atomic E-state index is 12.4. The zero-order valence-corrected chi connectivity index (χ0v) is 15.9. The van der Waals surface area contributed by atoms with Crippen molar-refractivity contribution in [3.8, 4) is 0 Å². The number of aryl methyl sites for hydroxylation is 1. The Kier molecular flexibility index (Phi) is 6.21. The number of nitrogens with one attached hydrogen (secondary N) is 1. The lowest BCUT2D eigenvalue weighted by atomic mass is 9.99. The Morgan fingerprint density at radius 3 is 2.68 bits per heavy atom. The molecule has 2 heterocycles. The highest BCUT2D eigenvalue weighted by Gasteiger charge is 2.17. The minimum absolute atomic E-state index is 0.0873. The molecular weight excluding hydrogens is 330 g/mol. The van der Waals surface area contributed by atoms with Crippen LogP contribution in [0, 0.1) is 5.92 Å². The van der Waals surface area contributed by atoms with Crippen LogP contribution < -0.4 is 5.32 Å². The van der Waals surface area contributed by atoms with Gasteiger partial charge in [0.25, 0.3) is 5.91 Å². The van der Waals surface area contributed by atoms with E-state index >= 15 is 0 Å². The molecule has 1 N–H and O–H groups in total. The maximum Gasteiger partial charge on any atom is 0.257 e. The maximum absolute atomic E-state index is 12.4. The molecule has 1 aliphatic heterocycles. The smallest absolute Gasteiger partial charge is 0.257 e. The highest BCUT2D eigenvalue weighted by molar-refractivity contribution is 7.13. The standard InChI is InChI=1S/C20H27N3OS/c1-3-4-16-5-7-17(8-6-16)19(24)22-20-21-18(14-25-20)13-23-11-9-15(2)10-12-23/h5-8,14-15H,3-4,9-13H2,1-2H3,(H,21,22,24). The Hall–Kier alpha value is -1.72. The Morgan fingerprint density at radius 1 is 1.28 bits per heavy atom. The van der Waals surface area contributed by atoms with E-state index in [2.05, 4.69) is 34.4 Å². The lowest BCUT2D eigenvalue weighted by Crippen LogP contribution is -2.32. The first-order valence-corrected chi connectivity index (χ1v) is 10.1. The lowest BCUT2D eigenvalue weighted by Gasteiger charge is -2.29. The molecule has 0 aliphatic carbocycles. The number of amides is 1. The third kappa shape index (κ3) is 5.13. The highest BCUT2D eigenvalue weighted by atomic mass is 32.1. The van der Waals surface area contributed by atoms with Crippen molar-refractivity contribution in [2.24, 2.45) is 5.92 Å². The van der Waals surface area contributed by atoms with Crippen molar-refractivity contribution < 1.29 is 4.79 Å². The molecule has 3 rings (SSSR count). The van der Waals surface area contributed by atoms with Crippen molar-refractivity contribution in [1.29, 1.82) is 0 Å². The minimum atomic E-state index is -0.0873. The molecule has 0 saturated carbocycles. The molecule has 2 aromatic rings. The topological polar surface area (TPSA) is 45.2 Å². The molecule has 0 atom stereocenters. The average molecular weight is 358 g/mol. The number of benzene rings is 1. The van der Waals surface area contributed by atoms with E-state index in [1.165, 1.54) is 29.7 Å². The van der Waals surface area contributed by atoms with Gasteiger partial charge < -0.3 is 0 Å². The van der Waals surface area contributed by atoms with E-state index in [9.17, 15) is 4.79 Å². The third-order valence-electron chi connectivity index (χ3n) is 4.79. The number of piperidine rings is 1. The summed E-state index contributed by atoms with van der Waals surface area (Å²) >= 11 is 1.50. The van der Waals surface area contributed by atoms with Crippen LogP contribution in [-0.2, 0) is 13.0 Å². The van der Waals surface area contributed by atoms with Gasteiger partial charge in [0.1, 0.15) is 0 Å². The predicted octanol–water partition coefficient (Wildman–Crippen LogP) is 4.58. The molecule has 0 bridgehead atoms. The van der Waals surface area contributed by atoms with Crippen LogP contribution in [0.4, 0.5) is 5.13 Å². The summed E-state index contributed by atoms with van der Waals surface area (Å²) in [6.45, 7) is 7.65. The molecule has 1 aromatic carbocycles. The number of carbonyl (C=O) groups excluding carboxylic acids is 1. The van der Waals surface area contributed by atoms with Gasteiger partial charge in [0.05, 0.1) is 5.69 Å². The second-order valence-corrected chi connectivity index (χ2v) is 7.86. The van der Waals surface area contributed by atoms with Crippen LogP contribution in [0.25, 0.3) is 0 Å². The summed E-state index contributed by atoms with van der Waals surface area (Å²) in [5.41, 5.74) is 3.00. The molecule has 1 aliphatic rings. The molecule has 0 spiro atoms. The van der Waals surface area contributed by atoms with Gasteiger partial charge in [0.15, 0.2) is 5.13 Å². The number of nitrogens with zero attached hydrogens (tertiary/aromatic N) is 2. The van der Waals surface area contributed by atoms with E-state index in [4.69, 9.17) is 0 Å². The fourth-order valence-corrected chi connectivity index (χ4v) is 3.86. The van der Waals surface area contributed by atoms with Crippen molar-refractivity contribution in [1.82, 2.24) is 9.88 Å². The van der Waals surface area contributed by atoms with Gasteiger partial charge in [-0.1, -0.05) is 32.4 Å². The molecule has 1 fully saturated rings. The molecule has 1 aromatic heterocycles. The molecule has 134 valence electrons. The number of likely N-dealkylation sites (tertiary alicyclic amines) is 1. The molecule has 5 heteroatoms. The van der Waals surface area contributed by atoms with Crippen LogP contribution in [0.5, 0.6) is 0 Å². The van der Waals surface area contributed by atoms with Crippen LogP contribution in [0.15, 0.2) is 29.6 Å². The number of thiazole rings is 1.